The van der Waals surface area contributed by atoms with Crippen LogP contribution in [0.4, 0.5) is 5.69 Å². The topological polar surface area (TPSA) is 131 Å². The lowest BCUT2D eigenvalue weighted by molar-refractivity contribution is -0.139. The maximum absolute atomic E-state index is 13.0. The van der Waals surface area contributed by atoms with Crippen molar-refractivity contribution < 1.29 is 33.4 Å². The van der Waals surface area contributed by atoms with E-state index in [1.807, 2.05) is 50.2 Å². The maximum Gasteiger partial charge on any atom is 0.333 e. The average Bonchev–Trinajstić information content (AvgIpc) is 2.98. The number of anilines is 1. The van der Waals surface area contributed by atoms with Gasteiger partial charge in [0.25, 0.3) is 11.8 Å². The fourth-order valence-corrected chi connectivity index (χ4v) is 3.68. The summed E-state index contributed by atoms with van der Waals surface area (Å²) >= 11 is 0. The van der Waals surface area contributed by atoms with Gasteiger partial charge in [-0.05, 0) is 90.3 Å². The molecule has 0 radical (unpaired) electrons. The van der Waals surface area contributed by atoms with E-state index in [1.54, 1.807) is 31.2 Å². The van der Waals surface area contributed by atoms with Crippen LogP contribution in [0.15, 0.2) is 72.8 Å². The highest BCUT2D eigenvalue weighted by Gasteiger charge is 2.23. The number of ether oxygens (including phenoxy) is 2. The Balaban J connectivity index is 0.000000523. The van der Waals surface area contributed by atoms with Crippen LogP contribution in [-0.2, 0) is 9.53 Å². The van der Waals surface area contributed by atoms with Gasteiger partial charge in [0.2, 0.25) is 0 Å². The van der Waals surface area contributed by atoms with Crippen LogP contribution in [0.25, 0.3) is 0 Å². The molecule has 0 unspecified atom stereocenters. The molecule has 0 saturated carbocycles. The monoisotopic (exact) mass is 601 g/mol. The first kappa shape index (κ1) is 35.1. The second-order valence-corrected chi connectivity index (χ2v) is 10.2. The Hall–Kier alpha value is -5.09. The maximum atomic E-state index is 13.0. The summed E-state index contributed by atoms with van der Waals surface area (Å²) in [5, 5.41) is 5.17. The molecule has 0 heterocycles. The Morgan fingerprint density at radius 2 is 1.23 bits per heavy atom. The fraction of sp³-hybridized carbons (Fsp3) is 0.265. The van der Waals surface area contributed by atoms with Crippen LogP contribution in [-0.4, -0.2) is 68.5 Å². The zero-order valence-electron chi connectivity index (χ0n) is 26.2. The number of hydrogen-bond acceptors (Lipinski definition) is 8. The largest absolute Gasteiger partial charge is 0.461 e. The molecule has 0 aromatic heterocycles. The van der Waals surface area contributed by atoms with Crippen LogP contribution in [0.3, 0.4) is 0 Å². The summed E-state index contributed by atoms with van der Waals surface area (Å²) < 4.78 is 10.6. The van der Waals surface area contributed by atoms with E-state index >= 15 is 0 Å². The van der Waals surface area contributed by atoms with E-state index in [0.717, 1.165) is 12.1 Å². The zero-order valence-corrected chi connectivity index (χ0v) is 26.2. The highest BCUT2D eigenvalue weighted by atomic mass is 16.5. The Kier molecular flexibility index (Phi) is 13.2. The van der Waals surface area contributed by atoms with Gasteiger partial charge < -0.3 is 25.0 Å². The molecule has 2 N–H and O–H groups in total. The number of rotatable bonds is 11. The molecule has 0 aliphatic rings. The van der Waals surface area contributed by atoms with Crippen molar-refractivity contribution in [1.82, 2.24) is 10.2 Å². The summed E-state index contributed by atoms with van der Waals surface area (Å²) in [7, 11) is 5.27. The SMILES string of the molecule is C=C(C)C(=O)OCCN(C)C.CNC(=O)c1cc(C(=O)Nc2ccc(Oc3ccc(C)cc3)cc2)c(C(C)=O)cc1C(C)=O. The van der Waals surface area contributed by atoms with Crippen molar-refractivity contribution in [3.63, 3.8) is 0 Å². The van der Waals surface area contributed by atoms with Gasteiger partial charge in [-0.15, -0.1) is 0 Å². The van der Waals surface area contributed by atoms with Crippen molar-refractivity contribution in [2.45, 2.75) is 27.7 Å². The predicted molar refractivity (Wildman–Crippen MR) is 170 cm³/mol. The lowest BCUT2D eigenvalue weighted by Crippen LogP contribution is -2.24. The van der Waals surface area contributed by atoms with E-state index < -0.39 is 17.6 Å². The van der Waals surface area contributed by atoms with Crippen LogP contribution in [0.5, 0.6) is 11.5 Å². The molecule has 0 bridgehead atoms. The summed E-state index contributed by atoms with van der Waals surface area (Å²) in [4.78, 5) is 62.2. The third-order valence-corrected chi connectivity index (χ3v) is 6.12. The molecular formula is C34H39N3O7. The molecule has 0 aliphatic carbocycles. The quantitative estimate of drug-likeness (QED) is 0.168. The molecule has 0 saturated heterocycles. The number of hydrogen-bond donors (Lipinski definition) is 2. The first-order valence-corrected chi connectivity index (χ1v) is 13.8. The Labute approximate surface area is 258 Å². The van der Waals surface area contributed by atoms with Crippen molar-refractivity contribution in [3.05, 3.63) is 101 Å². The zero-order chi connectivity index (χ0) is 33.0. The molecule has 10 nitrogen and oxygen atoms in total. The lowest BCUT2D eigenvalue weighted by Gasteiger charge is -2.14. The molecular weight excluding hydrogens is 562 g/mol. The number of ketones is 2. The van der Waals surface area contributed by atoms with Crippen LogP contribution in [0.2, 0.25) is 0 Å². The Morgan fingerprint density at radius 1 is 0.750 bits per heavy atom. The minimum atomic E-state index is -0.576. The highest BCUT2D eigenvalue weighted by molar-refractivity contribution is 6.16. The minimum absolute atomic E-state index is 0.00563. The molecule has 44 heavy (non-hydrogen) atoms. The van der Waals surface area contributed by atoms with Gasteiger partial charge in [0.15, 0.2) is 11.6 Å². The third kappa shape index (κ3) is 10.6. The normalized spacial score (nSPS) is 10.2. The highest BCUT2D eigenvalue weighted by Crippen LogP contribution is 2.25. The fourth-order valence-electron chi connectivity index (χ4n) is 3.68. The summed E-state index contributed by atoms with van der Waals surface area (Å²) in [6, 6.07) is 16.9. The summed E-state index contributed by atoms with van der Waals surface area (Å²) in [6.07, 6.45) is 0. The van der Waals surface area contributed by atoms with Crippen molar-refractivity contribution in [3.8, 4) is 11.5 Å². The van der Waals surface area contributed by atoms with Crippen LogP contribution >= 0.6 is 0 Å². The van der Waals surface area contributed by atoms with Gasteiger partial charge in [0.1, 0.15) is 18.1 Å². The number of carbonyl (C=O) groups excluding carboxylic acids is 5. The number of nitrogens with zero attached hydrogens (tertiary/aromatic N) is 1. The van der Waals surface area contributed by atoms with E-state index in [-0.39, 0.29) is 34.0 Å². The van der Waals surface area contributed by atoms with Gasteiger partial charge in [-0.1, -0.05) is 24.3 Å². The summed E-state index contributed by atoms with van der Waals surface area (Å²) in [5.74, 6) is -0.911. The number of amides is 2. The number of nitrogens with one attached hydrogen (secondary N) is 2. The van der Waals surface area contributed by atoms with Crippen molar-refractivity contribution in [1.29, 1.82) is 0 Å². The van der Waals surface area contributed by atoms with Crippen molar-refractivity contribution >= 4 is 35.0 Å². The van der Waals surface area contributed by atoms with Crippen molar-refractivity contribution in [2.75, 3.05) is 39.6 Å². The van der Waals surface area contributed by atoms with Crippen LogP contribution in [0.1, 0.15) is 67.8 Å². The number of esters is 1. The van der Waals surface area contributed by atoms with Gasteiger partial charge in [0.05, 0.1) is 11.1 Å². The second-order valence-electron chi connectivity index (χ2n) is 10.2. The third-order valence-electron chi connectivity index (χ3n) is 6.12. The molecule has 0 atom stereocenters. The van der Waals surface area contributed by atoms with Gasteiger partial charge >= 0.3 is 5.97 Å². The molecule has 10 heteroatoms. The van der Waals surface area contributed by atoms with Crippen LogP contribution < -0.4 is 15.4 Å². The number of Topliss-reactive ketones (excluding diaryl/α,β-unsaturated/α-hetero) is 2. The van der Waals surface area contributed by atoms with E-state index in [1.165, 1.54) is 33.0 Å². The van der Waals surface area contributed by atoms with Crippen molar-refractivity contribution in [2.24, 2.45) is 0 Å². The van der Waals surface area contributed by atoms with E-state index in [0.29, 0.717) is 29.4 Å². The number of benzene rings is 3. The summed E-state index contributed by atoms with van der Waals surface area (Å²) in [6.45, 7) is 10.9. The van der Waals surface area contributed by atoms with Gasteiger partial charge in [-0.2, -0.15) is 0 Å². The number of carbonyl (C=O) groups is 5. The predicted octanol–water partition coefficient (Wildman–Crippen LogP) is 5.47. The molecule has 232 valence electrons. The van der Waals surface area contributed by atoms with E-state index in [9.17, 15) is 24.0 Å². The Morgan fingerprint density at radius 3 is 1.68 bits per heavy atom. The second kappa shape index (κ2) is 16.5. The number of aryl methyl sites for hydroxylation is 1. The molecule has 0 aliphatic heterocycles. The van der Waals surface area contributed by atoms with Gasteiger partial charge in [-0.3, -0.25) is 19.2 Å². The molecule has 2 amide bonds. The molecule has 3 rings (SSSR count). The molecule has 3 aromatic carbocycles. The molecule has 0 spiro atoms. The standard InChI is InChI=1S/C26H24N2O5.C8H15NO2/c1-15-5-9-19(10-6-15)33-20-11-7-18(8-12-20)28-26(32)24-14-23(25(31)27-4)21(16(2)29)13-22(24)17(3)30;1-7(2)8(10)11-6-5-9(3)4/h5-14H,1-4H3,(H,27,31)(H,28,32);1,5-6H2,2-4H3. The molecule has 3 aromatic rings. The smallest absolute Gasteiger partial charge is 0.333 e. The summed E-state index contributed by atoms with van der Waals surface area (Å²) in [5.41, 5.74) is 2.22. The lowest BCUT2D eigenvalue weighted by atomic mass is 9.93. The van der Waals surface area contributed by atoms with E-state index in [4.69, 9.17) is 9.47 Å². The van der Waals surface area contributed by atoms with Gasteiger partial charge in [0, 0.05) is 36.0 Å². The average molecular weight is 602 g/mol. The van der Waals surface area contributed by atoms with E-state index in [2.05, 4.69) is 17.2 Å². The first-order chi connectivity index (χ1) is 20.7. The van der Waals surface area contributed by atoms with Gasteiger partial charge in [-0.25, -0.2) is 4.79 Å². The van der Waals surface area contributed by atoms with Crippen LogP contribution in [0, 0.1) is 6.92 Å². The Bertz CT molecular complexity index is 1530. The molecule has 0 fully saturated rings. The minimum Gasteiger partial charge on any atom is -0.461 e. The number of likely N-dealkylation sites (N-methyl/N-ethyl adjacent to an activating group) is 1. The first-order valence-electron chi connectivity index (χ1n) is 13.8.